The predicted molar refractivity (Wildman–Crippen MR) is 101 cm³/mol. The van der Waals surface area contributed by atoms with E-state index in [4.69, 9.17) is 9.47 Å². The largest absolute Gasteiger partial charge is 0.490 e. The van der Waals surface area contributed by atoms with Crippen molar-refractivity contribution in [1.82, 2.24) is 0 Å². The van der Waals surface area contributed by atoms with Crippen LogP contribution in [-0.2, 0) is 11.2 Å². The highest BCUT2D eigenvalue weighted by molar-refractivity contribution is 5.31. The van der Waals surface area contributed by atoms with Gasteiger partial charge in [-0.25, -0.2) is 8.78 Å². The topological polar surface area (TPSA) is 21.8 Å². The lowest BCUT2D eigenvalue weighted by Crippen LogP contribution is -2.20. The first kappa shape index (κ1) is 19.3. The summed E-state index contributed by atoms with van der Waals surface area (Å²) in [6, 6.07) is 8.52. The Bertz CT molecular complexity index is 840. The maximum Gasteiger partial charge on any atom is 0.200 e. The minimum absolute atomic E-state index is 0.0271. The minimum Gasteiger partial charge on any atom is -0.490 e. The van der Waals surface area contributed by atoms with E-state index in [0.717, 1.165) is 36.8 Å². The molecular weight excluding hydrogens is 365 g/mol. The summed E-state index contributed by atoms with van der Waals surface area (Å²) in [7, 11) is 0. The molecule has 2 aromatic rings. The van der Waals surface area contributed by atoms with Gasteiger partial charge in [-0.15, -0.1) is 0 Å². The van der Waals surface area contributed by atoms with Gasteiger partial charge in [0.15, 0.2) is 11.6 Å². The van der Waals surface area contributed by atoms with Crippen LogP contribution in [0.5, 0.6) is 5.75 Å². The smallest absolute Gasteiger partial charge is 0.200 e. The van der Waals surface area contributed by atoms with E-state index >= 15 is 0 Å². The Balaban J connectivity index is 1.32. The van der Waals surface area contributed by atoms with Gasteiger partial charge in [0.1, 0.15) is 11.9 Å². The van der Waals surface area contributed by atoms with Crippen LogP contribution in [-0.4, -0.2) is 13.2 Å². The van der Waals surface area contributed by atoms with Gasteiger partial charge in [-0.3, -0.25) is 0 Å². The summed E-state index contributed by atoms with van der Waals surface area (Å²) in [5.74, 6) is -1.44. The molecule has 150 valence electrons. The minimum atomic E-state index is -0.908. The third-order valence-corrected chi connectivity index (χ3v) is 6.00. The maximum absolute atomic E-state index is 14.5. The highest BCUT2D eigenvalue weighted by Gasteiger charge is 2.28. The molecule has 1 saturated heterocycles. The van der Waals surface area contributed by atoms with Gasteiger partial charge in [0.05, 0.1) is 13.2 Å². The fraction of sp³-hybridized carbons (Fsp3) is 0.478. The molecule has 1 aliphatic heterocycles. The number of hydrogen-bond acceptors (Lipinski definition) is 2. The zero-order chi connectivity index (χ0) is 19.7. The maximum atomic E-state index is 14.5. The molecule has 0 aromatic heterocycles. The fourth-order valence-corrected chi connectivity index (χ4v) is 4.12. The van der Waals surface area contributed by atoms with Gasteiger partial charge in [0, 0.05) is 0 Å². The second-order valence-electron chi connectivity index (χ2n) is 7.84. The number of epoxide rings is 1. The van der Waals surface area contributed by atoms with E-state index in [1.165, 1.54) is 6.07 Å². The summed E-state index contributed by atoms with van der Waals surface area (Å²) in [4.78, 5) is 0. The van der Waals surface area contributed by atoms with E-state index in [0.29, 0.717) is 25.2 Å². The second-order valence-corrected chi connectivity index (χ2v) is 7.84. The third kappa shape index (κ3) is 4.04. The molecule has 0 bridgehead atoms. The number of ether oxygens (including phenoxy) is 2. The van der Waals surface area contributed by atoms with E-state index in [2.05, 4.69) is 0 Å². The van der Waals surface area contributed by atoms with Crippen molar-refractivity contribution in [3.8, 4) is 5.75 Å². The second kappa shape index (κ2) is 8.16. The molecule has 4 rings (SSSR count). The van der Waals surface area contributed by atoms with Crippen molar-refractivity contribution in [3.05, 3.63) is 64.5 Å². The van der Waals surface area contributed by atoms with E-state index in [1.54, 1.807) is 19.1 Å². The third-order valence-electron chi connectivity index (χ3n) is 6.00. The van der Waals surface area contributed by atoms with Gasteiger partial charge >= 0.3 is 0 Å². The van der Waals surface area contributed by atoms with Crippen molar-refractivity contribution in [2.45, 2.75) is 51.0 Å². The first-order valence-corrected chi connectivity index (χ1v) is 10.1. The average molecular weight is 390 g/mol. The average Bonchev–Trinajstić information content (AvgIpc) is 3.55. The normalized spacial score (nSPS) is 24.2. The van der Waals surface area contributed by atoms with Crippen LogP contribution in [0, 0.1) is 23.4 Å². The van der Waals surface area contributed by atoms with Crippen LogP contribution in [0.2, 0.25) is 0 Å². The SMILES string of the molecule is CCc1ccc(OCC2CCC(c3ccc(C4CO4)cc3F)CC2)c(F)c1F. The molecule has 0 N–H and O–H groups in total. The summed E-state index contributed by atoms with van der Waals surface area (Å²) in [6.45, 7) is 2.82. The van der Waals surface area contributed by atoms with Crippen molar-refractivity contribution in [2.24, 2.45) is 5.92 Å². The lowest BCUT2D eigenvalue weighted by Gasteiger charge is -2.29. The number of benzene rings is 2. The lowest BCUT2D eigenvalue weighted by molar-refractivity contribution is 0.192. The number of hydrogen-bond donors (Lipinski definition) is 0. The lowest BCUT2D eigenvalue weighted by atomic mass is 9.78. The van der Waals surface area contributed by atoms with Gasteiger partial charge < -0.3 is 9.47 Å². The Hall–Kier alpha value is -2.01. The van der Waals surface area contributed by atoms with Gasteiger partial charge in [0.25, 0.3) is 0 Å². The number of rotatable bonds is 6. The van der Waals surface area contributed by atoms with Gasteiger partial charge in [0.2, 0.25) is 5.82 Å². The van der Waals surface area contributed by atoms with Gasteiger partial charge in [-0.2, -0.15) is 4.39 Å². The first-order valence-electron chi connectivity index (χ1n) is 10.1. The fourth-order valence-electron chi connectivity index (χ4n) is 4.12. The van der Waals surface area contributed by atoms with Gasteiger partial charge in [-0.1, -0.05) is 25.1 Å². The van der Waals surface area contributed by atoms with Crippen molar-refractivity contribution < 1.29 is 22.6 Å². The molecular formula is C23H25F3O2. The molecule has 1 heterocycles. The predicted octanol–water partition coefficient (Wildman–Crippen LogP) is 6.09. The van der Waals surface area contributed by atoms with E-state index in [1.807, 2.05) is 12.1 Å². The monoisotopic (exact) mass is 390 g/mol. The Labute approximate surface area is 163 Å². The van der Waals surface area contributed by atoms with Crippen molar-refractivity contribution in [2.75, 3.05) is 13.2 Å². The molecule has 2 fully saturated rings. The Kier molecular flexibility index (Phi) is 5.63. The molecule has 1 unspecified atom stereocenters. The zero-order valence-electron chi connectivity index (χ0n) is 16.0. The van der Waals surface area contributed by atoms with Crippen LogP contribution in [0.4, 0.5) is 13.2 Å². The molecule has 1 aliphatic carbocycles. The van der Waals surface area contributed by atoms with Crippen LogP contribution in [0.15, 0.2) is 30.3 Å². The van der Waals surface area contributed by atoms with Crippen LogP contribution in [0.1, 0.15) is 61.3 Å². The van der Waals surface area contributed by atoms with Crippen molar-refractivity contribution in [1.29, 1.82) is 0 Å². The Morgan fingerprint density at radius 2 is 1.75 bits per heavy atom. The first-order chi connectivity index (χ1) is 13.6. The summed E-state index contributed by atoms with van der Waals surface area (Å²) < 4.78 is 53.2. The number of halogens is 3. The van der Waals surface area contributed by atoms with E-state index in [-0.39, 0.29) is 29.5 Å². The molecule has 0 amide bonds. The van der Waals surface area contributed by atoms with Gasteiger partial charge in [-0.05, 0) is 72.8 Å². The van der Waals surface area contributed by atoms with Crippen molar-refractivity contribution in [3.63, 3.8) is 0 Å². The summed E-state index contributed by atoms with van der Waals surface area (Å²) in [5, 5.41) is 0. The molecule has 5 heteroatoms. The molecule has 0 spiro atoms. The molecule has 2 nitrogen and oxygen atoms in total. The Morgan fingerprint density at radius 3 is 2.39 bits per heavy atom. The van der Waals surface area contributed by atoms with Crippen LogP contribution >= 0.6 is 0 Å². The summed E-state index contributed by atoms with van der Waals surface area (Å²) in [6.07, 6.45) is 4.01. The highest BCUT2D eigenvalue weighted by atomic mass is 19.2. The van der Waals surface area contributed by atoms with E-state index < -0.39 is 11.6 Å². The molecule has 0 radical (unpaired) electrons. The zero-order valence-corrected chi connectivity index (χ0v) is 16.0. The van der Waals surface area contributed by atoms with E-state index in [9.17, 15) is 13.2 Å². The summed E-state index contributed by atoms with van der Waals surface area (Å²) >= 11 is 0. The molecule has 2 aromatic carbocycles. The standard InChI is InChI=1S/C23H25F3O2/c1-2-15-8-10-20(23(26)22(15)25)27-12-14-3-5-16(6-4-14)18-9-7-17(11-19(18)24)21-13-28-21/h7-11,14,16,21H,2-6,12-13H2,1H3. The summed E-state index contributed by atoms with van der Waals surface area (Å²) in [5.41, 5.74) is 2.03. The molecule has 28 heavy (non-hydrogen) atoms. The van der Waals surface area contributed by atoms with Crippen LogP contribution in [0.3, 0.4) is 0 Å². The van der Waals surface area contributed by atoms with Crippen LogP contribution < -0.4 is 4.74 Å². The molecule has 1 saturated carbocycles. The quantitative estimate of drug-likeness (QED) is 0.557. The van der Waals surface area contributed by atoms with Crippen LogP contribution in [0.25, 0.3) is 0 Å². The highest BCUT2D eigenvalue weighted by Crippen LogP contribution is 2.39. The molecule has 1 atom stereocenters. The Morgan fingerprint density at radius 1 is 1.00 bits per heavy atom. The number of aryl methyl sites for hydroxylation is 1. The van der Waals surface area contributed by atoms with Crippen molar-refractivity contribution >= 4 is 0 Å². The molecule has 2 aliphatic rings.